The summed E-state index contributed by atoms with van der Waals surface area (Å²) in [6.07, 6.45) is 0. The van der Waals surface area contributed by atoms with Gasteiger partial charge in [0.1, 0.15) is 0 Å². The molecule has 0 rings (SSSR count). The standard InChI is InChI=1S/C7H16As/c1-6(2)8-7(3,4)5/h6H,1-5H3. The zero-order valence-corrected chi connectivity index (χ0v) is 8.40. The van der Waals surface area contributed by atoms with Crippen molar-refractivity contribution in [3.63, 3.8) is 0 Å². The van der Waals surface area contributed by atoms with E-state index in [2.05, 4.69) is 34.6 Å². The van der Waals surface area contributed by atoms with Crippen LogP contribution in [0.15, 0.2) is 0 Å². The summed E-state index contributed by atoms with van der Waals surface area (Å²) in [5.41, 5.74) is 0. The molecule has 8 heavy (non-hydrogen) atoms. The second-order valence-corrected chi connectivity index (χ2v) is 8.92. The first-order valence-corrected chi connectivity index (χ1v) is 5.16. The van der Waals surface area contributed by atoms with E-state index in [1.165, 1.54) is 0 Å². The molecule has 0 aromatic heterocycles. The summed E-state index contributed by atoms with van der Waals surface area (Å²) in [4.78, 5) is 0. The fourth-order valence-corrected chi connectivity index (χ4v) is 4.02. The Labute approximate surface area is 59.7 Å². The van der Waals surface area contributed by atoms with E-state index in [1.807, 2.05) is 0 Å². The van der Waals surface area contributed by atoms with Gasteiger partial charge in [-0.15, -0.1) is 0 Å². The van der Waals surface area contributed by atoms with Crippen LogP contribution in [0.25, 0.3) is 0 Å². The van der Waals surface area contributed by atoms with E-state index in [4.69, 9.17) is 0 Å². The molecule has 0 aliphatic rings. The molecule has 0 bridgehead atoms. The maximum absolute atomic E-state index is 2.33. The quantitative estimate of drug-likeness (QED) is 0.537. The SMILES string of the molecule is CC(C)[As]C(C)(C)C. The van der Waals surface area contributed by atoms with Crippen LogP contribution in [0.5, 0.6) is 0 Å². The van der Waals surface area contributed by atoms with Gasteiger partial charge in [0.05, 0.1) is 0 Å². The Kier molecular flexibility index (Phi) is 3.12. The van der Waals surface area contributed by atoms with Crippen molar-refractivity contribution in [2.75, 3.05) is 0 Å². The minimum atomic E-state index is 0.556. The Morgan fingerprint density at radius 3 is 1.50 bits per heavy atom. The molecule has 49 valence electrons. The van der Waals surface area contributed by atoms with Crippen molar-refractivity contribution in [1.29, 1.82) is 0 Å². The van der Waals surface area contributed by atoms with E-state index in [9.17, 15) is 0 Å². The van der Waals surface area contributed by atoms with Crippen molar-refractivity contribution in [1.82, 2.24) is 0 Å². The Hall–Kier alpha value is 0.558. The number of rotatable bonds is 1. The summed E-state index contributed by atoms with van der Waals surface area (Å²) in [6.45, 7) is 11.6. The molecule has 0 aromatic rings. The zero-order chi connectivity index (χ0) is 6.78. The topological polar surface area (TPSA) is 0 Å². The molecule has 1 heteroatoms. The predicted molar refractivity (Wildman–Crippen MR) is 40.6 cm³/mol. The van der Waals surface area contributed by atoms with Crippen LogP contribution in [0.4, 0.5) is 0 Å². The van der Waals surface area contributed by atoms with Gasteiger partial charge in [0, 0.05) is 0 Å². The van der Waals surface area contributed by atoms with E-state index in [1.54, 1.807) is 0 Å². The van der Waals surface area contributed by atoms with Gasteiger partial charge >= 0.3 is 59.3 Å². The van der Waals surface area contributed by atoms with Gasteiger partial charge in [-0.2, -0.15) is 0 Å². The van der Waals surface area contributed by atoms with Crippen molar-refractivity contribution >= 4 is 15.8 Å². The van der Waals surface area contributed by atoms with E-state index in [-0.39, 0.29) is 0 Å². The normalized spacial score (nSPS) is 14.2. The van der Waals surface area contributed by atoms with Gasteiger partial charge < -0.3 is 0 Å². The molecule has 0 aromatic carbocycles. The molecule has 0 N–H and O–H groups in total. The van der Waals surface area contributed by atoms with E-state index in [0.29, 0.717) is 20.0 Å². The molecule has 0 spiro atoms. The molecule has 0 heterocycles. The molecular formula is C7H16As. The van der Waals surface area contributed by atoms with Gasteiger partial charge in [-0.3, -0.25) is 0 Å². The molecule has 1 radical (unpaired) electrons. The van der Waals surface area contributed by atoms with Crippen LogP contribution in [0.3, 0.4) is 0 Å². The molecule has 0 saturated heterocycles. The Balaban J connectivity index is 3.39. The van der Waals surface area contributed by atoms with E-state index in [0.717, 1.165) is 4.71 Å². The second-order valence-electron chi connectivity index (χ2n) is 3.39. The van der Waals surface area contributed by atoms with Crippen LogP contribution in [-0.4, -0.2) is 15.8 Å². The van der Waals surface area contributed by atoms with Crippen molar-refractivity contribution in [3.8, 4) is 0 Å². The molecule has 0 fully saturated rings. The molecule has 0 atom stereocenters. The van der Waals surface area contributed by atoms with Gasteiger partial charge in [0.15, 0.2) is 0 Å². The van der Waals surface area contributed by atoms with Crippen molar-refractivity contribution in [2.45, 2.75) is 43.5 Å². The van der Waals surface area contributed by atoms with Crippen LogP contribution < -0.4 is 0 Å². The average molecular weight is 175 g/mol. The first kappa shape index (κ1) is 8.56. The molecule has 0 aliphatic heterocycles. The number of hydrogen-bond donors (Lipinski definition) is 0. The Morgan fingerprint density at radius 2 is 1.50 bits per heavy atom. The zero-order valence-electron chi connectivity index (χ0n) is 6.52. The molecular weight excluding hydrogens is 159 g/mol. The monoisotopic (exact) mass is 175 g/mol. The summed E-state index contributed by atoms with van der Waals surface area (Å²) in [5.74, 6) is 0. The summed E-state index contributed by atoms with van der Waals surface area (Å²) in [6, 6.07) is 0. The Bertz CT molecular complexity index is 59.3. The summed E-state index contributed by atoms with van der Waals surface area (Å²) >= 11 is 0.556. The summed E-state index contributed by atoms with van der Waals surface area (Å²) < 4.78 is 1.55. The molecule has 0 nitrogen and oxygen atoms in total. The van der Waals surface area contributed by atoms with Crippen molar-refractivity contribution in [3.05, 3.63) is 0 Å². The first-order chi connectivity index (χ1) is 3.42. The third kappa shape index (κ3) is 6.56. The number of hydrogen-bond acceptors (Lipinski definition) is 0. The van der Waals surface area contributed by atoms with Gasteiger partial charge in [-0.1, -0.05) is 0 Å². The van der Waals surface area contributed by atoms with Crippen LogP contribution in [-0.2, 0) is 0 Å². The minimum absolute atomic E-state index is 0.556. The van der Waals surface area contributed by atoms with Crippen LogP contribution >= 0.6 is 0 Å². The maximum atomic E-state index is 2.33. The summed E-state index contributed by atoms with van der Waals surface area (Å²) in [5, 5.41) is 0. The fraction of sp³-hybridized carbons (Fsp3) is 1.00. The Morgan fingerprint density at radius 1 is 1.12 bits per heavy atom. The fourth-order valence-electron chi connectivity index (χ4n) is 0.775. The van der Waals surface area contributed by atoms with Gasteiger partial charge in [-0.25, -0.2) is 0 Å². The average Bonchev–Trinajstić information content (AvgIpc) is 1.21. The van der Waals surface area contributed by atoms with Crippen LogP contribution in [0, 0.1) is 0 Å². The van der Waals surface area contributed by atoms with Crippen molar-refractivity contribution in [2.24, 2.45) is 0 Å². The predicted octanol–water partition coefficient (Wildman–Crippen LogP) is 2.74. The summed E-state index contributed by atoms with van der Waals surface area (Å²) in [7, 11) is 0. The van der Waals surface area contributed by atoms with Gasteiger partial charge in [0.25, 0.3) is 0 Å². The van der Waals surface area contributed by atoms with E-state index >= 15 is 0 Å². The van der Waals surface area contributed by atoms with E-state index < -0.39 is 0 Å². The molecule has 0 saturated carbocycles. The van der Waals surface area contributed by atoms with Gasteiger partial charge in [-0.05, 0) is 0 Å². The molecule has 0 unspecified atom stereocenters. The first-order valence-electron chi connectivity index (χ1n) is 3.14. The van der Waals surface area contributed by atoms with Crippen molar-refractivity contribution < 1.29 is 0 Å². The van der Waals surface area contributed by atoms with Gasteiger partial charge in [0.2, 0.25) is 0 Å². The second kappa shape index (κ2) is 2.92. The van der Waals surface area contributed by atoms with Crippen LogP contribution in [0.2, 0.25) is 8.91 Å². The molecule has 0 aliphatic carbocycles. The third-order valence-corrected chi connectivity index (χ3v) is 3.35. The van der Waals surface area contributed by atoms with Crippen LogP contribution in [0.1, 0.15) is 34.6 Å². The molecule has 0 amide bonds. The third-order valence-electron chi connectivity index (χ3n) is 0.645.